The van der Waals surface area contributed by atoms with E-state index in [1.165, 1.54) is 6.07 Å². The molecule has 2 aromatic rings. The number of hydrogen-bond acceptors (Lipinski definition) is 3. The molecule has 0 saturated carbocycles. The van der Waals surface area contributed by atoms with Crippen LogP contribution in [0.15, 0.2) is 42.5 Å². The Morgan fingerprint density at radius 3 is 2.74 bits per heavy atom. The fourth-order valence-electron chi connectivity index (χ4n) is 2.16. The summed E-state index contributed by atoms with van der Waals surface area (Å²) in [7, 11) is 3.29. The maximum absolute atomic E-state index is 13.8. The van der Waals surface area contributed by atoms with E-state index in [0.717, 1.165) is 0 Å². The molecule has 0 aliphatic rings. The molecular formula is C17H18ClFN2O2. The van der Waals surface area contributed by atoms with Gasteiger partial charge in [-0.05, 0) is 31.3 Å². The Morgan fingerprint density at radius 1 is 1.30 bits per heavy atom. The Balaban J connectivity index is 1.94. The molecule has 2 rings (SSSR count). The largest absolute Gasteiger partial charge is 0.497 e. The van der Waals surface area contributed by atoms with Gasteiger partial charge in [0.05, 0.1) is 13.7 Å². The lowest BCUT2D eigenvalue weighted by atomic mass is 10.2. The van der Waals surface area contributed by atoms with Crippen molar-refractivity contribution in [2.75, 3.05) is 26.0 Å². The second-order valence-corrected chi connectivity index (χ2v) is 5.56. The molecule has 0 aliphatic heterocycles. The summed E-state index contributed by atoms with van der Waals surface area (Å²) in [6.45, 7) is 0.360. The zero-order valence-electron chi connectivity index (χ0n) is 13.0. The molecule has 0 fully saturated rings. The molecule has 0 aliphatic carbocycles. The Bertz CT molecular complexity index is 674. The molecule has 0 aromatic heterocycles. The lowest BCUT2D eigenvalue weighted by Crippen LogP contribution is -2.30. The Morgan fingerprint density at radius 2 is 2.04 bits per heavy atom. The maximum Gasteiger partial charge on any atom is 0.238 e. The Labute approximate surface area is 139 Å². The summed E-state index contributed by atoms with van der Waals surface area (Å²) in [5, 5.41) is 3.13. The van der Waals surface area contributed by atoms with Gasteiger partial charge in [-0.2, -0.15) is 0 Å². The van der Waals surface area contributed by atoms with Gasteiger partial charge in [-0.25, -0.2) is 4.39 Å². The number of rotatable bonds is 6. The van der Waals surface area contributed by atoms with Crippen LogP contribution in [0.4, 0.5) is 10.1 Å². The zero-order chi connectivity index (χ0) is 16.8. The summed E-state index contributed by atoms with van der Waals surface area (Å²) in [5.41, 5.74) is 1.03. The summed E-state index contributed by atoms with van der Waals surface area (Å²) < 4.78 is 18.9. The topological polar surface area (TPSA) is 41.6 Å². The number of carbonyl (C=O) groups excluding carboxylic acids is 1. The first-order valence-corrected chi connectivity index (χ1v) is 7.42. The van der Waals surface area contributed by atoms with Gasteiger partial charge in [0.2, 0.25) is 5.91 Å². The molecule has 23 heavy (non-hydrogen) atoms. The molecule has 122 valence electrons. The van der Waals surface area contributed by atoms with E-state index in [2.05, 4.69) is 5.32 Å². The van der Waals surface area contributed by atoms with Crippen LogP contribution in [-0.4, -0.2) is 31.5 Å². The van der Waals surface area contributed by atoms with Crippen molar-refractivity contribution >= 4 is 23.2 Å². The van der Waals surface area contributed by atoms with E-state index in [0.29, 0.717) is 22.0 Å². The van der Waals surface area contributed by atoms with Crippen molar-refractivity contribution in [1.29, 1.82) is 0 Å². The van der Waals surface area contributed by atoms with Gasteiger partial charge >= 0.3 is 0 Å². The third kappa shape index (κ3) is 4.94. The summed E-state index contributed by atoms with van der Waals surface area (Å²) in [6, 6.07) is 11.6. The van der Waals surface area contributed by atoms with E-state index >= 15 is 0 Å². The predicted molar refractivity (Wildman–Crippen MR) is 89.4 cm³/mol. The van der Waals surface area contributed by atoms with Crippen LogP contribution in [0.3, 0.4) is 0 Å². The average molecular weight is 337 g/mol. The number of likely N-dealkylation sites (N-methyl/N-ethyl adjacent to an activating group) is 1. The number of anilines is 1. The Hall–Kier alpha value is -2.11. The molecule has 1 amide bonds. The molecule has 0 spiro atoms. The summed E-state index contributed by atoms with van der Waals surface area (Å²) in [4.78, 5) is 13.8. The molecule has 0 heterocycles. The summed E-state index contributed by atoms with van der Waals surface area (Å²) in [6.07, 6.45) is 0. The van der Waals surface area contributed by atoms with E-state index in [-0.39, 0.29) is 24.8 Å². The number of amides is 1. The minimum atomic E-state index is -0.377. The highest BCUT2D eigenvalue weighted by molar-refractivity contribution is 6.31. The highest BCUT2D eigenvalue weighted by atomic mass is 35.5. The number of benzene rings is 2. The van der Waals surface area contributed by atoms with Crippen molar-refractivity contribution in [3.05, 3.63) is 58.9 Å². The van der Waals surface area contributed by atoms with E-state index in [1.807, 2.05) is 0 Å². The number of ether oxygens (including phenoxy) is 1. The van der Waals surface area contributed by atoms with Gasteiger partial charge in [0.15, 0.2) is 0 Å². The first kappa shape index (κ1) is 17.2. The third-order valence-electron chi connectivity index (χ3n) is 3.26. The van der Waals surface area contributed by atoms with Crippen LogP contribution in [0.5, 0.6) is 5.75 Å². The predicted octanol–water partition coefficient (Wildman–Crippen LogP) is 3.56. The van der Waals surface area contributed by atoms with Crippen molar-refractivity contribution in [3.8, 4) is 5.75 Å². The van der Waals surface area contributed by atoms with Crippen LogP contribution < -0.4 is 10.1 Å². The van der Waals surface area contributed by atoms with E-state index in [4.69, 9.17) is 16.3 Å². The fourth-order valence-corrected chi connectivity index (χ4v) is 2.38. The molecule has 1 N–H and O–H groups in total. The number of methoxy groups -OCH3 is 1. The van der Waals surface area contributed by atoms with Crippen LogP contribution in [0.1, 0.15) is 5.56 Å². The molecule has 0 unspecified atom stereocenters. The maximum atomic E-state index is 13.8. The minimum Gasteiger partial charge on any atom is -0.497 e. The van der Waals surface area contributed by atoms with E-state index in [9.17, 15) is 9.18 Å². The first-order valence-electron chi connectivity index (χ1n) is 7.05. The lowest BCUT2D eigenvalue weighted by Gasteiger charge is -2.17. The molecule has 0 saturated heterocycles. The molecular weight excluding hydrogens is 319 g/mol. The first-order chi connectivity index (χ1) is 11.0. The smallest absolute Gasteiger partial charge is 0.238 e. The van der Waals surface area contributed by atoms with Crippen molar-refractivity contribution in [2.45, 2.75) is 6.54 Å². The highest BCUT2D eigenvalue weighted by Crippen LogP contribution is 2.20. The van der Waals surface area contributed by atoms with Gasteiger partial charge in [0.1, 0.15) is 11.6 Å². The lowest BCUT2D eigenvalue weighted by molar-refractivity contribution is -0.117. The number of nitrogens with one attached hydrogen (secondary N) is 1. The van der Waals surface area contributed by atoms with E-state index < -0.39 is 0 Å². The fraction of sp³-hybridized carbons (Fsp3) is 0.235. The van der Waals surface area contributed by atoms with Crippen LogP contribution in [0, 0.1) is 5.82 Å². The van der Waals surface area contributed by atoms with Gasteiger partial charge in [-0.1, -0.05) is 23.7 Å². The second kappa shape index (κ2) is 7.94. The van der Waals surface area contributed by atoms with Crippen LogP contribution in [-0.2, 0) is 11.3 Å². The average Bonchev–Trinajstić information content (AvgIpc) is 2.51. The third-order valence-corrected chi connectivity index (χ3v) is 3.61. The van der Waals surface area contributed by atoms with Crippen molar-refractivity contribution in [2.24, 2.45) is 0 Å². The SMILES string of the molecule is COc1cccc(NC(=O)CN(C)Cc2c(F)cccc2Cl)c1. The minimum absolute atomic E-state index is 0.113. The molecule has 4 nitrogen and oxygen atoms in total. The van der Waals surface area contributed by atoms with Crippen molar-refractivity contribution < 1.29 is 13.9 Å². The van der Waals surface area contributed by atoms with Gasteiger partial charge in [0.25, 0.3) is 0 Å². The number of carbonyl (C=O) groups is 1. The van der Waals surface area contributed by atoms with E-state index in [1.54, 1.807) is 55.5 Å². The number of halogens is 2. The van der Waals surface area contributed by atoms with Crippen LogP contribution in [0.25, 0.3) is 0 Å². The molecule has 0 bridgehead atoms. The number of nitrogens with zero attached hydrogens (tertiary/aromatic N) is 1. The van der Waals surface area contributed by atoms with Crippen molar-refractivity contribution in [3.63, 3.8) is 0 Å². The Kier molecular flexibility index (Phi) is 5.96. The molecule has 2 aromatic carbocycles. The normalized spacial score (nSPS) is 10.7. The number of hydrogen-bond donors (Lipinski definition) is 1. The zero-order valence-corrected chi connectivity index (χ0v) is 13.7. The molecule has 0 atom stereocenters. The van der Waals surface area contributed by atoms with Gasteiger partial charge in [-0.3, -0.25) is 9.69 Å². The van der Waals surface area contributed by atoms with Gasteiger partial charge in [-0.15, -0.1) is 0 Å². The summed E-state index contributed by atoms with van der Waals surface area (Å²) in [5.74, 6) is 0.0834. The van der Waals surface area contributed by atoms with Crippen LogP contribution >= 0.6 is 11.6 Å². The van der Waals surface area contributed by atoms with Gasteiger partial charge in [0, 0.05) is 28.9 Å². The quantitative estimate of drug-likeness (QED) is 0.877. The monoisotopic (exact) mass is 336 g/mol. The second-order valence-electron chi connectivity index (χ2n) is 5.15. The van der Waals surface area contributed by atoms with Crippen molar-refractivity contribution in [1.82, 2.24) is 4.90 Å². The highest BCUT2D eigenvalue weighted by Gasteiger charge is 2.12. The molecule has 6 heteroatoms. The summed E-state index contributed by atoms with van der Waals surface area (Å²) >= 11 is 5.99. The van der Waals surface area contributed by atoms with Crippen LogP contribution in [0.2, 0.25) is 5.02 Å². The molecule has 0 radical (unpaired) electrons. The standard InChI is InChI=1S/C17H18ClFN2O2/c1-21(10-14-15(18)7-4-8-16(14)19)11-17(22)20-12-5-3-6-13(9-12)23-2/h3-9H,10-11H2,1-2H3,(H,20,22). The van der Waals surface area contributed by atoms with Gasteiger partial charge < -0.3 is 10.1 Å².